The summed E-state index contributed by atoms with van der Waals surface area (Å²) >= 11 is 0. The van der Waals surface area contributed by atoms with Crippen LogP contribution in [0.3, 0.4) is 0 Å². The van der Waals surface area contributed by atoms with E-state index in [1.807, 2.05) is 0 Å². The molecule has 0 bridgehead atoms. The summed E-state index contributed by atoms with van der Waals surface area (Å²) in [6.07, 6.45) is 0. The third kappa shape index (κ3) is 6.92. The number of fused-ring (bicyclic) bond motifs is 10. The minimum absolute atomic E-state index is 0.520. The van der Waals surface area contributed by atoms with Gasteiger partial charge in [-0.15, -0.1) is 0 Å². The Hall–Kier alpha value is -10.2. The van der Waals surface area contributed by atoms with Crippen molar-refractivity contribution in [1.29, 1.82) is 0 Å². The summed E-state index contributed by atoms with van der Waals surface area (Å²) in [7, 11) is 0. The van der Waals surface area contributed by atoms with Gasteiger partial charge in [-0.2, -0.15) is 9.97 Å². The van der Waals surface area contributed by atoms with Gasteiger partial charge in [-0.1, -0.05) is 212 Å². The smallest absolute Gasteiger partial charge is 0.238 e. The molecule has 0 aliphatic carbocycles. The molecule has 0 saturated heterocycles. The van der Waals surface area contributed by atoms with E-state index >= 15 is 0 Å². The van der Waals surface area contributed by atoms with E-state index in [2.05, 4.69) is 281 Å². The summed E-state index contributed by atoms with van der Waals surface area (Å²) in [5, 5.41) is 6.84. The molecule has 4 heterocycles. The number of aromatic nitrogens is 6. The molecule has 0 aliphatic rings. The Kier molecular flexibility index (Phi) is 9.78. The molecule has 0 saturated carbocycles. The van der Waals surface area contributed by atoms with Gasteiger partial charge in [0.2, 0.25) is 5.95 Å². The molecule has 0 radical (unpaired) electrons. The molecular weight excluding hydrogens is 913 g/mol. The van der Waals surface area contributed by atoms with Crippen LogP contribution in [0.5, 0.6) is 0 Å². The Morgan fingerprint density at radius 1 is 0.240 bits per heavy atom. The second-order valence-corrected chi connectivity index (χ2v) is 19.2. The Bertz CT molecular complexity index is 4550. The number of hydrogen-bond donors (Lipinski definition) is 0. The SMILES string of the molecule is c1ccc(-c2cccc(-c3nc(-c4cccc(-c5ccccc5)c4)nc(-n4c5ccccc5c5c(-n6c7ccccc7c7ccccc76)cc6c7ccccc7n(-c7cccc(-c8ccccc8)c7)c6c54)n3)c2)cc1. The van der Waals surface area contributed by atoms with E-state index in [4.69, 9.17) is 15.0 Å². The van der Waals surface area contributed by atoms with Gasteiger partial charge >= 0.3 is 0 Å². The first kappa shape index (κ1) is 42.5. The Labute approximate surface area is 432 Å². The van der Waals surface area contributed by atoms with Crippen molar-refractivity contribution in [3.8, 4) is 73.5 Å². The van der Waals surface area contributed by atoms with Crippen LogP contribution in [0.4, 0.5) is 0 Å². The second-order valence-electron chi connectivity index (χ2n) is 19.2. The molecule has 0 N–H and O–H groups in total. The average Bonchev–Trinajstić information content (AvgIpc) is 4.25. The van der Waals surface area contributed by atoms with Crippen LogP contribution in [-0.4, -0.2) is 28.7 Å². The van der Waals surface area contributed by atoms with Crippen LogP contribution in [0.25, 0.3) is 139 Å². The molecule has 0 spiro atoms. The zero-order chi connectivity index (χ0) is 49.4. The van der Waals surface area contributed by atoms with Crippen LogP contribution in [-0.2, 0) is 0 Å². The highest BCUT2D eigenvalue weighted by molar-refractivity contribution is 6.27. The van der Waals surface area contributed by atoms with Gasteiger partial charge in [-0.3, -0.25) is 4.57 Å². The molecular formula is C69H44N6. The fraction of sp³-hybridized carbons (Fsp3) is 0. The summed E-state index contributed by atoms with van der Waals surface area (Å²) in [6.45, 7) is 0. The van der Waals surface area contributed by atoms with E-state index in [0.717, 1.165) is 111 Å². The molecule has 0 fully saturated rings. The number of nitrogens with zero attached hydrogens (tertiary/aromatic N) is 6. The van der Waals surface area contributed by atoms with Gasteiger partial charge in [0.05, 0.1) is 38.8 Å². The van der Waals surface area contributed by atoms with Crippen molar-refractivity contribution in [3.05, 3.63) is 267 Å². The maximum absolute atomic E-state index is 5.62. The van der Waals surface area contributed by atoms with Gasteiger partial charge in [-0.25, -0.2) is 4.98 Å². The molecule has 0 atom stereocenters. The molecule has 15 aromatic rings. The molecule has 75 heavy (non-hydrogen) atoms. The van der Waals surface area contributed by atoms with Gasteiger partial charge in [0.25, 0.3) is 0 Å². The number of para-hydroxylation sites is 4. The molecule has 0 amide bonds. The minimum atomic E-state index is 0.520. The van der Waals surface area contributed by atoms with E-state index in [1.54, 1.807) is 0 Å². The second kappa shape index (κ2) is 17.3. The molecule has 11 aromatic carbocycles. The Morgan fingerprint density at radius 2 is 0.627 bits per heavy atom. The van der Waals surface area contributed by atoms with Crippen molar-refractivity contribution in [2.24, 2.45) is 0 Å². The third-order valence-corrected chi connectivity index (χ3v) is 14.9. The molecule has 6 nitrogen and oxygen atoms in total. The Morgan fingerprint density at radius 3 is 1.15 bits per heavy atom. The van der Waals surface area contributed by atoms with Crippen LogP contribution in [0, 0.1) is 0 Å². The zero-order valence-corrected chi connectivity index (χ0v) is 40.6. The monoisotopic (exact) mass is 956 g/mol. The quantitative estimate of drug-likeness (QED) is 0.152. The summed E-state index contributed by atoms with van der Waals surface area (Å²) in [6, 6.07) is 95.2. The lowest BCUT2D eigenvalue weighted by molar-refractivity contribution is 0.953. The van der Waals surface area contributed by atoms with E-state index < -0.39 is 0 Å². The lowest BCUT2D eigenvalue weighted by atomic mass is 10.0. The molecule has 0 unspecified atom stereocenters. The van der Waals surface area contributed by atoms with Gasteiger partial charge in [0.15, 0.2) is 11.6 Å². The van der Waals surface area contributed by atoms with Gasteiger partial charge in [0.1, 0.15) is 0 Å². The molecule has 4 aromatic heterocycles. The fourth-order valence-electron chi connectivity index (χ4n) is 11.5. The maximum Gasteiger partial charge on any atom is 0.238 e. The first-order chi connectivity index (χ1) is 37.2. The normalized spacial score (nSPS) is 11.7. The van der Waals surface area contributed by atoms with Crippen LogP contribution < -0.4 is 0 Å². The summed E-state index contributed by atoms with van der Waals surface area (Å²) in [5.74, 6) is 1.68. The van der Waals surface area contributed by atoms with Crippen molar-refractivity contribution in [2.45, 2.75) is 0 Å². The van der Waals surface area contributed by atoms with Gasteiger partial charge < -0.3 is 9.13 Å². The van der Waals surface area contributed by atoms with E-state index in [0.29, 0.717) is 17.6 Å². The van der Waals surface area contributed by atoms with Crippen LogP contribution in [0.15, 0.2) is 267 Å². The zero-order valence-electron chi connectivity index (χ0n) is 40.6. The van der Waals surface area contributed by atoms with Crippen LogP contribution in [0.2, 0.25) is 0 Å². The summed E-state index contributed by atoms with van der Waals surface area (Å²) in [4.78, 5) is 16.6. The average molecular weight is 957 g/mol. The third-order valence-electron chi connectivity index (χ3n) is 14.9. The van der Waals surface area contributed by atoms with E-state index in [1.165, 1.54) is 10.8 Å². The Balaban J connectivity index is 1.11. The first-order valence-electron chi connectivity index (χ1n) is 25.4. The highest BCUT2D eigenvalue weighted by Crippen LogP contribution is 2.47. The predicted octanol–water partition coefficient (Wildman–Crippen LogP) is 17.5. The van der Waals surface area contributed by atoms with E-state index in [9.17, 15) is 0 Å². The molecule has 6 heteroatoms. The van der Waals surface area contributed by atoms with Crippen molar-refractivity contribution >= 4 is 65.4 Å². The van der Waals surface area contributed by atoms with Crippen molar-refractivity contribution in [2.75, 3.05) is 0 Å². The van der Waals surface area contributed by atoms with Crippen molar-refractivity contribution < 1.29 is 0 Å². The minimum Gasteiger partial charge on any atom is -0.309 e. The van der Waals surface area contributed by atoms with Crippen molar-refractivity contribution in [3.63, 3.8) is 0 Å². The topological polar surface area (TPSA) is 53.5 Å². The molecule has 0 aliphatic heterocycles. The summed E-state index contributed by atoms with van der Waals surface area (Å²) < 4.78 is 7.25. The van der Waals surface area contributed by atoms with Crippen LogP contribution >= 0.6 is 0 Å². The highest BCUT2D eigenvalue weighted by Gasteiger charge is 2.28. The first-order valence-corrected chi connectivity index (χ1v) is 25.4. The number of benzene rings is 11. The molecule has 350 valence electrons. The molecule has 15 rings (SSSR count). The largest absolute Gasteiger partial charge is 0.309 e. The highest BCUT2D eigenvalue weighted by atomic mass is 15.2. The standard InChI is InChI=1S/C69H44N6/c1-4-21-45(22-5-1)48-27-18-30-51(41-48)67-70-68(52-31-19-28-49(42-52)46-23-6-2-7-24-46)72-69(71-67)75-62-40-17-13-36-57(62)64-63(74-60-38-15-10-33-54(60)55-34-11-16-39-61(55)74)44-58-56-35-12-14-37-59(56)73(65(58)66(64)75)53-32-20-29-50(43-53)47-25-8-3-9-26-47/h1-44H. The predicted molar refractivity (Wildman–Crippen MR) is 310 cm³/mol. The van der Waals surface area contributed by atoms with E-state index in [-0.39, 0.29) is 0 Å². The lowest BCUT2D eigenvalue weighted by Gasteiger charge is -2.16. The maximum atomic E-state index is 5.62. The summed E-state index contributed by atoms with van der Waals surface area (Å²) in [5.41, 5.74) is 17.0. The number of rotatable bonds is 8. The van der Waals surface area contributed by atoms with Crippen molar-refractivity contribution in [1.82, 2.24) is 28.7 Å². The van der Waals surface area contributed by atoms with Gasteiger partial charge in [0, 0.05) is 49.1 Å². The lowest BCUT2D eigenvalue weighted by Crippen LogP contribution is -2.07. The fourth-order valence-corrected chi connectivity index (χ4v) is 11.5. The number of hydrogen-bond acceptors (Lipinski definition) is 3. The van der Waals surface area contributed by atoms with Crippen LogP contribution in [0.1, 0.15) is 0 Å². The van der Waals surface area contributed by atoms with Gasteiger partial charge in [-0.05, 0) is 88.0 Å².